The molecule has 0 radical (unpaired) electrons. The van der Waals surface area contributed by atoms with Crippen LogP contribution < -0.4 is 21.4 Å². The number of fused-ring (bicyclic) bond motifs is 1. The Bertz CT molecular complexity index is 1350. The molecule has 0 unspecified atom stereocenters. The van der Waals surface area contributed by atoms with Gasteiger partial charge in [0.2, 0.25) is 18.3 Å². The molecule has 2 amide bonds. The molecule has 1 aliphatic rings. The lowest BCUT2D eigenvalue weighted by Gasteiger charge is -2.48. The molecule has 0 aliphatic carbocycles. The molecule has 0 spiro atoms. The van der Waals surface area contributed by atoms with Crippen LogP contribution in [0.2, 0.25) is 0 Å². The maximum Gasteiger partial charge on any atom is 0.405 e. The number of esters is 1. The number of hydrogen-bond donors (Lipinski definition) is 3. The van der Waals surface area contributed by atoms with Crippen molar-refractivity contribution in [2.75, 3.05) is 12.4 Å². The highest BCUT2D eigenvalue weighted by molar-refractivity contribution is 5.98. The number of hydrogen-bond acceptors (Lipinski definition) is 11. The normalized spacial score (nSPS) is 22.2. The number of benzene rings is 1. The monoisotopic (exact) mass is 564 g/mol. The van der Waals surface area contributed by atoms with Crippen LogP contribution in [0.3, 0.4) is 0 Å². The number of methoxy groups -OCH3 is 1. The van der Waals surface area contributed by atoms with Gasteiger partial charge >= 0.3 is 17.7 Å². The highest BCUT2D eigenvalue weighted by atomic mass is 16.7. The van der Waals surface area contributed by atoms with Crippen molar-refractivity contribution >= 4 is 34.6 Å². The third-order valence-corrected chi connectivity index (χ3v) is 6.49. The fourth-order valence-electron chi connectivity index (χ4n) is 4.32. The minimum absolute atomic E-state index is 0.00644. The second kappa shape index (κ2) is 11.7. The van der Waals surface area contributed by atoms with Crippen LogP contribution in [0, 0.1) is 18.8 Å². The summed E-state index contributed by atoms with van der Waals surface area (Å²) in [6.07, 6.45) is -5.83. The number of rotatable bonds is 8. The summed E-state index contributed by atoms with van der Waals surface area (Å²) in [6.45, 7) is 11.4. The molecule has 13 heteroatoms. The van der Waals surface area contributed by atoms with Crippen molar-refractivity contribution < 1.29 is 47.6 Å². The van der Waals surface area contributed by atoms with E-state index in [0.717, 1.165) is 0 Å². The second-order valence-electron chi connectivity index (χ2n) is 10.6. The van der Waals surface area contributed by atoms with Gasteiger partial charge in [0, 0.05) is 18.6 Å². The van der Waals surface area contributed by atoms with Gasteiger partial charge in [0.15, 0.2) is 17.5 Å². The first-order valence-electron chi connectivity index (χ1n) is 12.7. The van der Waals surface area contributed by atoms with E-state index in [-0.39, 0.29) is 22.4 Å². The summed E-state index contributed by atoms with van der Waals surface area (Å²) < 4.78 is 34.3. The number of primary amides is 1. The van der Waals surface area contributed by atoms with Gasteiger partial charge in [-0.1, -0.05) is 27.7 Å². The summed E-state index contributed by atoms with van der Waals surface area (Å²) in [6, 6.07) is 2.91. The van der Waals surface area contributed by atoms with Crippen LogP contribution in [0.1, 0.15) is 47.1 Å². The van der Waals surface area contributed by atoms with E-state index in [1.54, 1.807) is 48.5 Å². The SMILES string of the molecule is CO[C@H]1[C@@H](OC(N)=O)[C@@H](OC(=O)C(C)C)[C@H](Oc2ccc3c(O)c(NC(=O)C(C)C)c(=O)oc3c2C)OC1(C)C. The summed E-state index contributed by atoms with van der Waals surface area (Å²) in [7, 11) is 1.38. The van der Waals surface area contributed by atoms with Crippen LogP contribution in [0.25, 0.3) is 11.0 Å². The smallest absolute Gasteiger partial charge is 0.405 e. The third-order valence-electron chi connectivity index (χ3n) is 6.49. The van der Waals surface area contributed by atoms with Crippen LogP contribution in [-0.4, -0.2) is 60.4 Å². The van der Waals surface area contributed by atoms with Crippen molar-refractivity contribution in [2.24, 2.45) is 17.6 Å². The third kappa shape index (κ3) is 6.15. The van der Waals surface area contributed by atoms with Gasteiger partial charge in [-0.3, -0.25) is 9.59 Å². The quantitative estimate of drug-likeness (QED) is 0.316. The Labute approximate surface area is 230 Å². The van der Waals surface area contributed by atoms with Crippen LogP contribution >= 0.6 is 0 Å². The van der Waals surface area contributed by atoms with Gasteiger partial charge in [-0.2, -0.15) is 0 Å². The standard InChI is InChI=1S/C27H36N2O11/c1-11(2)22(31)29-16-17(30)14-9-10-15(13(5)18(14)37-24(16)33)36-25-20(38-23(32)12(3)4)19(39-26(28)34)21(35-8)27(6,7)40-25/h9-12,19-21,25,30H,1-8H3,(H2,28,34)(H,29,31)/t19-,20+,21-,25+/m0/s1. The van der Waals surface area contributed by atoms with E-state index >= 15 is 0 Å². The molecule has 0 bridgehead atoms. The van der Waals surface area contributed by atoms with Crippen molar-refractivity contribution in [2.45, 2.75) is 78.7 Å². The number of amides is 2. The predicted octanol–water partition coefficient (Wildman–Crippen LogP) is 2.96. The summed E-state index contributed by atoms with van der Waals surface area (Å²) in [5.41, 5.74) is 3.16. The number of anilines is 1. The van der Waals surface area contributed by atoms with Crippen LogP contribution in [0.5, 0.6) is 11.5 Å². The zero-order chi connectivity index (χ0) is 30.1. The number of carbonyl (C=O) groups is 3. The molecule has 4 atom stereocenters. The topological polar surface area (TPSA) is 186 Å². The van der Waals surface area contributed by atoms with Crippen molar-refractivity contribution in [1.29, 1.82) is 0 Å². The Balaban J connectivity index is 2.07. The Hall–Kier alpha value is -3.84. The van der Waals surface area contributed by atoms with Crippen molar-refractivity contribution in [3.8, 4) is 11.5 Å². The number of aromatic hydroxyl groups is 1. The van der Waals surface area contributed by atoms with E-state index in [9.17, 15) is 24.3 Å². The molecule has 4 N–H and O–H groups in total. The summed E-state index contributed by atoms with van der Waals surface area (Å²) >= 11 is 0. The molecule has 2 aromatic rings. The fraction of sp³-hybridized carbons (Fsp3) is 0.556. The maximum atomic E-state index is 12.7. The van der Waals surface area contributed by atoms with Crippen LogP contribution in [0.15, 0.2) is 21.3 Å². The lowest BCUT2D eigenvalue weighted by Crippen LogP contribution is -2.66. The number of nitrogens with two attached hydrogens (primary N) is 1. The number of ether oxygens (including phenoxy) is 5. The van der Waals surface area contributed by atoms with E-state index in [1.165, 1.54) is 19.2 Å². The molecule has 2 heterocycles. The fourth-order valence-corrected chi connectivity index (χ4v) is 4.32. The predicted molar refractivity (Wildman–Crippen MR) is 142 cm³/mol. The number of aryl methyl sites for hydroxylation is 1. The molecule has 1 aliphatic heterocycles. The average molecular weight is 565 g/mol. The van der Waals surface area contributed by atoms with E-state index in [4.69, 9.17) is 33.8 Å². The largest absolute Gasteiger partial charge is 0.505 e. The van der Waals surface area contributed by atoms with Gasteiger partial charge < -0.3 is 44.3 Å². The lowest BCUT2D eigenvalue weighted by atomic mass is 9.89. The molecule has 1 aromatic carbocycles. The molecule has 1 fully saturated rings. The highest BCUT2D eigenvalue weighted by Crippen LogP contribution is 2.39. The Kier molecular flexibility index (Phi) is 9.00. The molecule has 1 aromatic heterocycles. The van der Waals surface area contributed by atoms with Crippen molar-refractivity contribution in [3.63, 3.8) is 0 Å². The molecule has 220 valence electrons. The van der Waals surface area contributed by atoms with Gasteiger partial charge in [0.1, 0.15) is 17.4 Å². The number of carbonyl (C=O) groups excluding carboxylic acids is 3. The van der Waals surface area contributed by atoms with Crippen LogP contribution in [-0.2, 0) is 28.5 Å². The summed E-state index contributed by atoms with van der Waals surface area (Å²) in [5.74, 6) is -2.38. The highest BCUT2D eigenvalue weighted by Gasteiger charge is 2.55. The van der Waals surface area contributed by atoms with Crippen LogP contribution in [0.4, 0.5) is 10.5 Å². The number of nitrogens with one attached hydrogen (secondary N) is 1. The molecular formula is C27H36N2O11. The van der Waals surface area contributed by atoms with Gasteiger partial charge in [0.25, 0.3) is 0 Å². The van der Waals surface area contributed by atoms with E-state index in [2.05, 4.69) is 5.32 Å². The van der Waals surface area contributed by atoms with Crippen molar-refractivity contribution in [1.82, 2.24) is 0 Å². The van der Waals surface area contributed by atoms with Gasteiger partial charge in [-0.25, -0.2) is 9.59 Å². The minimum atomic E-state index is -1.32. The zero-order valence-electron chi connectivity index (χ0n) is 23.7. The first kappa shape index (κ1) is 30.7. The Morgan fingerprint density at radius 3 is 2.27 bits per heavy atom. The molecule has 1 saturated heterocycles. The van der Waals surface area contributed by atoms with Gasteiger partial charge in [-0.05, 0) is 32.9 Å². The minimum Gasteiger partial charge on any atom is -0.505 e. The van der Waals surface area contributed by atoms with E-state index in [0.29, 0.717) is 5.56 Å². The van der Waals surface area contributed by atoms with E-state index < -0.39 is 71.4 Å². The molecule has 0 saturated carbocycles. The Morgan fingerprint density at radius 2 is 1.73 bits per heavy atom. The van der Waals surface area contributed by atoms with Gasteiger partial charge in [0.05, 0.1) is 16.9 Å². The molecule has 40 heavy (non-hydrogen) atoms. The molecule has 3 rings (SSSR count). The second-order valence-corrected chi connectivity index (χ2v) is 10.6. The summed E-state index contributed by atoms with van der Waals surface area (Å²) in [4.78, 5) is 49.2. The first-order valence-corrected chi connectivity index (χ1v) is 12.7. The maximum absolute atomic E-state index is 12.7. The summed E-state index contributed by atoms with van der Waals surface area (Å²) in [5, 5.41) is 13.3. The lowest BCUT2D eigenvalue weighted by molar-refractivity contribution is -0.308. The van der Waals surface area contributed by atoms with Gasteiger partial charge in [-0.15, -0.1) is 0 Å². The average Bonchev–Trinajstić information content (AvgIpc) is 2.84. The molecule has 13 nitrogen and oxygen atoms in total. The van der Waals surface area contributed by atoms with E-state index in [1.807, 2.05) is 0 Å². The molecular weight excluding hydrogens is 528 g/mol. The Morgan fingerprint density at radius 1 is 1.07 bits per heavy atom. The zero-order valence-corrected chi connectivity index (χ0v) is 23.7. The van der Waals surface area contributed by atoms with Crippen molar-refractivity contribution in [3.05, 3.63) is 28.1 Å². The first-order chi connectivity index (χ1) is 18.6.